The van der Waals surface area contributed by atoms with E-state index in [2.05, 4.69) is 25.8 Å². The molecule has 1 heterocycles. The molecule has 30 heavy (non-hydrogen) atoms. The number of hydrogen-bond acceptors (Lipinski definition) is 3. The van der Waals surface area contributed by atoms with Crippen LogP contribution < -0.4 is 10.1 Å². The summed E-state index contributed by atoms with van der Waals surface area (Å²) >= 11 is 3.45. The van der Waals surface area contributed by atoms with Gasteiger partial charge in [0.1, 0.15) is 17.4 Å². The average Bonchev–Trinajstić information content (AvgIpc) is 3.01. The van der Waals surface area contributed by atoms with E-state index < -0.39 is 5.91 Å². The number of nitriles is 1. The Labute approximate surface area is 184 Å². The zero-order chi connectivity index (χ0) is 21.7. The van der Waals surface area contributed by atoms with Gasteiger partial charge in [-0.05, 0) is 87.0 Å². The van der Waals surface area contributed by atoms with Gasteiger partial charge in [-0.2, -0.15) is 5.26 Å². The average molecular weight is 464 g/mol. The van der Waals surface area contributed by atoms with Crippen molar-refractivity contribution in [2.24, 2.45) is 0 Å². The Morgan fingerprint density at radius 1 is 1.17 bits per heavy atom. The van der Waals surface area contributed by atoms with Crippen molar-refractivity contribution in [2.45, 2.75) is 20.8 Å². The van der Waals surface area contributed by atoms with Crippen molar-refractivity contribution in [1.82, 2.24) is 4.57 Å². The Morgan fingerprint density at radius 3 is 2.43 bits per heavy atom. The highest BCUT2D eigenvalue weighted by Gasteiger charge is 2.14. The Bertz CT molecular complexity index is 1120. The SMILES string of the molecule is CCOc1ccc(NC(=O)/C(C#N)=C\c2cc(C)n(-c3ccc(Br)cc3)c2C)cc1. The Kier molecular flexibility index (Phi) is 6.76. The molecular formula is C24H22BrN3O2. The van der Waals surface area contributed by atoms with Crippen LogP contribution in [0.15, 0.2) is 64.6 Å². The van der Waals surface area contributed by atoms with Gasteiger partial charge in [0.2, 0.25) is 0 Å². The smallest absolute Gasteiger partial charge is 0.266 e. The number of carbonyl (C=O) groups is 1. The highest BCUT2D eigenvalue weighted by Crippen LogP contribution is 2.24. The van der Waals surface area contributed by atoms with Crippen molar-refractivity contribution >= 4 is 33.6 Å². The van der Waals surface area contributed by atoms with E-state index in [0.29, 0.717) is 12.3 Å². The molecule has 1 N–H and O–H groups in total. The third kappa shape index (κ3) is 4.81. The number of aromatic nitrogens is 1. The molecule has 6 heteroatoms. The van der Waals surface area contributed by atoms with Crippen LogP contribution in [-0.2, 0) is 4.79 Å². The zero-order valence-corrected chi connectivity index (χ0v) is 18.7. The number of amides is 1. The van der Waals surface area contributed by atoms with E-state index in [0.717, 1.165) is 32.9 Å². The summed E-state index contributed by atoms with van der Waals surface area (Å²) in [6.07, 6.45) is 1.63. The molecule has 0 aliphatic rings. The molecule has 0 bridgehead atoms. The lowest BCUT2D eigenvalue weighted by molar-refractivity contribution is -0.112. The number of ether oxygens (including phenoxy) is 1. The second-order valence-corrected chi connectivity index (χ2v) is 7.64. The lowest BCUT2D eigenvalue weighted by atomic mass is 10.1. The van der Waals surface area contributed by atoms with E-state index in [1.54, 1.807) is 30.3 Å². The van der Waals surface area contributed by atoms with Gasteiger partial charge in [0.15, 0.2) is 0 Å². The molecular weight excluding hydrogens is 442 g/mol. The fourth-order valence-corrected chi connectivity index (χ4v) is 3.49. The number of carbonyl (C=O) groups excluding carboxylic acids is 1. The molecule has 0 spiro atoms. The maximum absolute atomic E-state index is 12.6. The summed E-state index contributed by atoms with van der Waals surface area (Å²) < 4.78 is 8.50. The van der Waals surface area contributed by atoms with Crippen LogP contribution in [-0.4, -0.2) is 17.1 Å². The molecule has 0 fully saturated rings. The molecule has 3 aromatic rings. The Hall–Kier alpha value is -3.30. The third-order valence-electron chi connectivity index (χ3n) is 4.64. The van der Waals surface area contributed by atoms with Crippen LogP contribution in [0.4, 0.5) is 5.69 Å². The molecule has 0 aliphatic heterocycles. The van der Waals surface area contributed by atoms with E-state index in [9.17, 15) is 10.1 Å². The summed E-state index contributed by atoms with van der Waals surface area (Å²) in [5.41, 5.74) is 4.46. The van der Waals surface area contributed by atoms with Crippen LogP contribution in [0.25, 0.3) is 11.8 Å². The highest BCUT2D eigenvalue weighted by atomic mass is 79.9. The molecule has 0 saturated heterocycles. The van der Waals surface area contributed by atoms with Gasteiger partial charge >= 0.3 is 0 Å². The van der Waals surface area contributed by atoms with Crippen molar-refractivity contribution in [3.05, 3.63) is 81.6 Å². The molecule has 0 radical (unpaired) electrons. The molecule has 0 aliphatic carbocycles. The molecule has 2 aromatic carbocycles. The van der Waals surface area contributed by atoms with Crippen LogP contribution in [0.1, 0.15) is 23.9 Å². The standard InChI is InChI=1S/C24H22BrN3O2/c1-4-30-23-11-7-21(8-12-23)27-24(29)19(15-26)14-18-13-16(2)28(17(18)3)22-9-5-20(25)6-10-22/h5-14H,4H2,1-3H3,(H,27,29)/b19-14-. The first kappa shape index (κ1) is 21.4. The third-order valence-corrected chi connectivity index (χ3v) is 5.17. The summed E-state index contributed by atoms with van der Waals surface area (Å²) in [4.78, 5) is 12.6. The highest BCUT2D eigenvalue weighted by molar-refractivity contribution is 9.10. The first-order chi connectivity index (χ1) is 14.4. The summed E-state index contributed by atoms with van der Waals surface area (Å²) in [6, 6.07) is 19.0. The number of nitrogens with one attached hydrogen (secondary N) is 1. The van der Waals surface area contributed by atoms with Gasteiger partial charge < -0.3 is 14.6 Å². The van der Waals surface area contributed by atoms with Gasteiger partial charge in [0.25, 0.3) is 5.91 Å². The predicted octanol–water partition coefficient (Wildman–Crippen LogP) is 5.80. The van der Waals surface area contributed by atoms with E-state index in [1.165, 1.54) is 0 Å². The van der Waals surface area contributed by atoms with E-state index in [1.807, 2.05) is 57.2 Å². The summed E-state index contributed by atoms with van der Waals surface area (Å²) in [5.74, 6) is 0.280. The molecule has 152 valence electrons. The molecule has 0 atom stereocenters. The van der Waals surface area contributed by atoms with Crippen LogP contribution in [0.2, 0.25) is 0 Å². The minimum atomic E-state index is -0.449. The van der Waals surface area contributed by atoms with Gasteiger partial charge in [-0.1, -0.05) is 15.9 Å². The van der Waals surface area contributed by atoms with Crippen LogP contribution in [0.5, 0.6) is 5.75 Å². The minimum absolute atomic E-state index is 0.0416. The van der Waals surface area contributed by atoms with Crippen molar-refractivity contribution in [1.29, 1.82) is 5.26 Å². The Morgan fingerprint density at radius 2 is 1.83 bits per heavy atom. The number of hydrogen-bond donors (Lipinski definition) is 1. The first-order valence-electron chi connectivity index (χ1n) is 9.53. The van der Waals surface area contributed by atoms with Crippen LogP contribution >= 0.6 is 15.9 Å². The lowest BCUT2D eigenvalue weighted by Crippen LogP contribution is -2.13. The largest absolute Gasteiger partial charge is 0.494 e. The monoisotopic (exact) mass is 463 g/mol. The lowest BCUT2D eigenvalue weighted by Gasteiger charge is -2.10. The second kappa shape index (κ2) is 9.47. The summed E-state index contributed by atoms with van der Waals surface area (Å²) in [7, 11) is 0. The molecule has 5 nitrogen and oxygen atoms in total. The number of aryl methyl sites for hydroxylation is 1. The van der Waals surface area contributed by atoms with E-state index >= 15 is 0 Å². The van der Waals surface area contributed by atoms with Gasteiger partial charge in [-0.3, -0.25) is 4.79 Å². The second-order valence-electron chi connectivity index (χ2n) is 6.72. The van der Waals surface area contributed by atoms with Crippen LogP contribution in [0, 0.1) is 25.2 Å². The van der Waals surface area contributed by atoms with Gasteiger partial charge in [0, 0.05) is 27.2 Å². The number of halogens is 1. The van der Waals surface area contributed by atoms with Crippen molar-refractivity contribution in [3.8, 4) is 17.5 Å². The zero-order valence-electron chi connectivity index (χ0n) is 17.1. The Balaban J connectivity index is 1.85. The minimum Gasteiger partial charge on any atom is -0.494 e. The quantitative estimate of drug-likeness (QED) is 0.370. The van der Waals surface area contributed by atoms with Crippen molar-refractivity contribution < 1.29 is 9.53 Å². The maximum Gasteiger partial charge on any atom is 0.266 e. The summed E-state index contributed by atoms with van der Waals surface area (Å²) in [5, 5.41) is 12.3. The van der Waals surface area contributed by atoms with Gasteiger partial charge in [-0.25, -0.2) is 0 Å². The number of nitrogens with zero attached hydrogens (tertiary/aromatic N) is 2. The number of benzene rings is 2. The maximum atomic E-state index is 12.6. The van der Waals surface area contributed by atoms with Gasteiger partial charge in [0.05, 0.1) is 6.61 Å². The van der Waals surface area contributed by atoms with Crippen molar-refractivity contribution in [3.63, 3.8) is 0 Å². The van der Waals surface area contributed by atoms with E-state index in [-0.39, 0.29) is 5.57 Å². The number of anilines is 1. The molecule has 0 saturated carbocycles. The normalized spacial score (nSPS) is 11.1. The van der Waals surface area contributed by atoms with Gasteiger partial charge in [-0.15, -0.1) is 0 Å². The topological polar surface area (TPSA) is 67.0 Å². The van der Waals surface area contributed by atoms with Crippen LogP contribution in [0.3, 0.4) is 0 Å². The first-order valence-corrected chi connectivity index (χ1v) is 10.3. The molecule has 0 unspecified atom stereocenters. The summed E-state index contributed by atoms with van der Waals surface area (Å²) in [6.45, 7) is 6.46. The van der Waals surface area contributed by atoms with E-state index in [4.69, 9.17) is 4.74 Å². The fraction of sp³-hybridized carbons (Fsp3) is 0.167. The van der Waals surface area contributed by atoms with Crippen molar-refractivity contribution in [2.75, 3.05) is 11.9 Å². The fourth-order valence-electron chi connectivity index (χ4n) is 3.22. The molecule has 1 aromatic heterocycles. The predicted molar refractivity (Wildman–Crippen MR) is 123 cm³/mol. The molecule has 1 amide bonds. The number of rotatable bonds is 6. The molecule has 3 rings (SSSR count).